The Morgan fingerprint density at radius 1 is 0.987 bits per heavy atom. The van der Waals surface area contributed by atoms with Crippen LogP contribution in [0, 0.1) is 34.2 Å². The van der Waals surface area contributed by atoms with E-state index in [-0.39, 0.29) is 57.0 Å². The normalized spacial score (nSPS) is 21.1. The van der Waals surface area contributed by atoms with Crippen molar-refractivity contribution in [3.63, 3.8) is 0 Å². The number of piperidine rings is 1. The Morgan fingerprint density at radius 3 is 2.46 bits per heavy atom. The topological polar surface area (TPSA) is 209 Å². The second kappa shape index (κ2) is 21.5. The molecule has 7 aromatic rings. The van der Waals surface area contributed by atoms with Gasteiger partial charge in [0, 0.05) is 87.0 Å². The molecule has 1 atom stereocenters. The first-order valence-electron chi connectivity index (χ1n) is 27.5. The number of aryl methyl sites for hydroxylation is 1. The van der Waals surface area contributed by atoms with E-state index in [0.717, 1.165) is 69.7 Å². The lowest BCUT2D eigenvalue weighted by Crippen LogP contribution is -2.60. The highest BCUT2D eigenvalue weighted by Gasteiger charge is 2.50. The van der Waals surface area contributed by atoms with E-state index in [1.54, 1.807) is 39.3 Å². The molecule has 2 saturated carbocycles. The van der Waals surface area contributed by atoms with Gasteiger partial charge in [-0.25, -0.2) is 22.5 Å². The SMILES string of the molecule is COc1ccc(CN2CCN(C3CC4(CCN(c5cc(Oc6cnc7[nH]ccc7c6)c(C(=O)NS(=O)(=O)c6cc([N+](=O)[O-])c(NCC7CCC(C)(O)CC7)c7oc(C)cc67)cc5F)CC4)C3)[C@H](c3ccccc3C(C)C)C2)cc1. The Bertz CT molecular complexity index is 3520. The minimum atomic E-state index is -4.90. The van der Waals surface area contributed by atoms with Crippen LogP contribution in [0.4, 0.5) is 21.5 Å². The Kier molecular flexibility index (Phi) is 14.7. The summed E-state index contributed by atoms with van der Waals surface area (Å²) in [5.74, 6) is -0.228. The fourth-order valence-corrected chi connectivity index (χ4v) is 14.0. The maximum absolute atomic E-state index is 16.8. The highest BCUT2D eigenvalue weighted by Crippen LogP contribution is 2.54. The number of nitrogens with zero attached hydrogens (tertiary/aromatic N) is 5. The summed E-state index contributed by atoms with van der Waals surface area (Å²) >= 11 is 0. The number of hydrogen-bond acceptors (Lipinski definition) is 14. The molecule has 1 spiro atoms. The summed E-state index contributed by atoms with van der Waals surface area (Å²) in [6.07, 6.45) is 9.47. The number of H-pyrrole nitrogens is 1. The molecule has 11 rings (SSSR count). The number of fused-ring (bicyclic) bond motifs is 2. The summed E-state index contributed by atoms with van der Waals surface area (Å²) in [4.78, 5) is 40.5. The third-order valence-corrected chi connectivity index (χ3v) is 18.6. The van der Waals surface area contributed by atoms with Crippen LogP contribution in [0.3, 0.4) is 0 Å². The number of nitro benzene ring substituents is 1. The molecule has 17 nitrogen and oxygen atoms in total. The summed E-state index contributed by atoms with van der Waals surface area (Å²) in [6.45, 7) is 13.0. The largest absolute Gasteiger partial charge is 0.497 e. The molecule has 4 fully saturated rings. The van der Waals surface area contributed by atoms with Gasteiger partial charge in [0.15, 0.2) is 11.3 Å². The van der Waals surface area contributed by atoms with Gasteiger partial charge in [0.05, 0.1) is 35.1 Å². The molecule has 4 aromatic carbocycles. The van der Waals surface area contributed by atoms with Crippen LogP contribution in [-0.2, 0) is 16.6 Å². The number of aliphatic hydroxyl groups is 1. The molecule has 0 bridgehead atoms. The minimum absolute atomic E-state index is 0.00489. The number of carbonyl (C=O) groups is 1. The molecule has 1 amide bonds. The summed E-state index contributed by atoms with van der Waals surface area (Å²) in [5.41, 5.74) is 3.11. The van der Waals surface area contributed by atoms with E-state index in [0.29, 0.717) is 68.3 Å². The van der Waals surface area contributed by atoms with Crippen molar-refractivity contribution >= 4 is 55.0 Å². The molecule has 19 heteroatoms. The zero-order valence-electron chi connectivity index (χ0n) is 45.4. The van der Waals surface area contributed by atoms with Crippen LogP contribution in [0.1, 0.15) is 117 Å². The average Bonchev–Trinajstić information content (AvgIpc) is 4.30. The van der Waals surface area contributed by atoms with E-state index < -0.39 is 48.4 Å². The third-order valence-electron chi connectivity index (χ3n) is 17.3. The van der Waals surface area contributed by atoms with E-state index in [2.05, 4.69) is 80.1 Å². The second-order valence-electron chi connectivity index (χ2n) is 23.0. The van der Waals surface area contributed by atoms with Gasteiger partial charge in [-0.15, -0.1) is 0 Å². The Labute approximate surface area is 459 Å². The molecule has 416 valence electrons. The standard InChI is InChI=1S/C60H69FN8O9S/c1-37(2)45-8-6-7-9-46(45)52-36-66(35-40-10-12-43(76-5)13-11-40)24-25-68(52)42-31-60(32-42)19-22-67(23-20-60)50-29-53(78-44-27-41-16-21-62-57(41)64-34-44)47(28-49(50)61)58(70)65-79(74,75)54-30-51(69(72)73)55(56-48(54)26-38(3)77-56)63-33-39-14-17-59(4,71)18-15-39/h6-13,16,21,26-30,34,37,39,42,52,63,71H,14-15,17-20,22-25,31-33,35-36H2,1-5H3,(H,62,64)(H,65,70)/t39?,52-,59?/m0/s1. The van der Waals surface area contributed by atoms with Crippen LogP contribution in [0.25, 0.3) is 22.0 Å². The zero-order chi connectivity index (χ0) is 55.4. The quantitative estimate of drug-likeness (QED) is 0.0524. The van der Waals surface area contributed by atoms with Gasteiger partial charge in [-0.1, -0.05) is 50.2 Å². The lowest BCUT2D eigenvalue weighted by atomic mass is 9.59. The average molecular weight is 1100 g/mol. The van der Waals surface area contributed by atoms with Gasteiger partial charge in [-0.05, 0) is 136 Å². The number of nitro groups is 1. The molecular weight excluding hydrogens is 1030 g/mol. The highest BCUT2D eigenvalue weighted by atomic mass is 32.2. The maximum atomic E-state index is 16.8. The molecular formula is C60H69FN8O9S. The van der Waals surface area contributed by atoms with Crippen molar-refractivity contribution in [2.24, 2.45) is 11.3 Å². The molecule has 0 unspecified atom stereocenters. The van der Waals surface area contributed by atoms with E-state index in [1.165, 1.54) is 35.0 Å². The van der Waals surface area contributed by atoms with E-state index in [1.807, 2.05) is 17.0 Å². The maximum Gasteiger partial charge on any atom is 0.297 e. The number of pyridine rings is 1. The van der Waals surface area contributed by atoms with Crippen LogP contribution in [0.5, 0.6) is 17.2 Å². The fourth-order valence-electron chi connectivity index (χ4n) is 12.8. The molecule has 5 heterocycles. The predicted octanol–water partition coefficient (Wildman–Crippen LogP) is 11.4. The summed E-state index contributed by atoms with van der Waals surface area (Å²) in [5, 5.41) is 27.0. The summed E-state index contributed by atoms with van der Waals surface area (Å²) in [6, 6.07) is 26.1. The molecule has 4 N–H and O–H groups in total. The molecule has 2 saturated heterocycles. The minimum Gasteiger partial charge on any atom is -0.497 e. The number of ether oxygens (including phenoxy) is 2. The molecule has 0 radical (unpaired) electrons. The zero-order valence-corrected chi connectivity index (χ0v) is 46.2. The monoisotopic (exact) mass is 1100 g/mol. The molecule has 2 aliphatic carbocycles. The number of furan rings is 1. The highest BCUT2D eigenvalue weighted by molar-refractivity contribution is 7.90. The Hall–Kier alpha value is -7.06. The van der Waals surface area contributed by atoms with Gasteiger partial charge in [0.2, 0.25) is 0 Å². The first kappa shape index (κ1) is 53.9. The van der Waals surface area contributed by atoms with Crippen LogP contribution in [-0.4, -0.2) is 102 Å². The first-order valence-corrected chi connectivity index (χ1v) is 29.0. The van der Waals surface area contributed by atoms with Gasteiger partial charge in [-0.3, -0.25) is 24.7 Å². The number of piperazine rings is 1. The third kappa shape index (κ3) is 11.1. The fraction of sp³-hybridized carbons (Fsp3) is 0.433. The number of sulfonamides is 1. The first-order chi connectivity index (χ1) is 37.8. The number of rotatable bonds is 16. The lowest BCUT2D eigenvalue weighted by Gasteiger charge is -2.58. The van der Waals surface area contributed by atoms with Crippen LogP contribution >= 0.6 is 0 Å². The number of methoxy groups -OCH3 is 1. The smallest absolute Gasteiger partial charge is 0.297 e. The molecule has 2 aliphatic heterocycles. The van der Waals surface area contributed by atoms with Gasteiger partial charge >= 0.3 is 0 Å². The number of nitrogens with one attached hydrogen (secondary N) is 3. The van der Waals surface area contributed by atoms with Crippen molar-refractivity contribution < 1.29 is 41.5 Å². The number of hydrogen-bond donors (Lipinski definition) is 4. The van der Waals surface area contributed by atoms with Gasteiger partial charge in [0.1, 0.15) is 39.4 Å². The number of carbonyl (C=O) groups excluding carboxylic acids is 1. The Morgan fingerprint density at radius 2 is 1.73 bits per heavy atom. The number of halogens is 1. The van der Waals surface area contributed by atoms with E-state index in [4.69, 9.17) is 13.9 Å². The number of anilines is 2. The van der Waals surface area contributed by atoms with Crippen LogP contribution in [0.15, 0.2) is 107 Å². The van der Waals surface area contributed by atoms with E-state index >= 15 is 4.39 Å². The van der Waals surface area contributed by atoms with Gasteiger partial charge < -0.3 is 34.2 Å². The van der Waals surface area contributed by atoms with Gasteiger partial charge in [0.25, 0.3) is 21.6 Å². The van der Waals surface area contributed by atoms with E-state index in [9.17, 15) is 28.4 Å². The Balaban J connectivity index is 0.824. The second-order valence-corrected chi connectivity index (χ2v) is 24.7. The molecule has 4 aliphatic rings. The van der Waals surface area contributed by atoms with Crippen LogP contribution < -0.4 is 24.4 Å². The number of amides is 1. The van der Waals surface area contributed by atoms with Crippen molar-refractivity contribution in [2.45, 2.75) is 114 Å². The van der Waals surface area contributed by atoms with Crippen molar-refractivity contribution in [3.05, 3.63) is 141 Å². The summed E-state index contributed by atoms with van der Waals surface area (Å²) in [7, 11) is -3.21. The van der Waals surface area contributed by atoms with Crippen molar-refractivity contribution in [3.8, 4) is 17.2 Å². The number of aromatic nitrogens is 2. The molecule has 79 heavy (non-hydrogen) atoms. The summed E-state index contributed by atoms with van der Waals surface area (Å²) < 4.78 is 65.4. The predicted molar refractivity (Wildman–Crippen MR) is 301 cm³/mol. The lowest BCUT2D eigenvalue weighted by molar-refractivity contribution is -0.384. The van der Waals surface area contributed by atoms with Crippen molar-refractivity contribution in [2.75, 3.05) is 56.6 Å². The van der Waals surface area contributed by atoms with Crippen LogP contribution in [0.2, 0.25) is 0 Å². The number of benzene rings is 4. The van der Waals surface area contributed by atoms with Crippen molar-refractivity contribution in [1.29, 1.82) is 0 Å². The number of aromatic amines is 1. The molecule has 3 aromatic heterocycles. The van der Waals surface area contributed by atoms with Gasteiger partial charge in [-0.2, -0.15) is 0 Å². The van der Waals surface area contributed by atoms with Crippen molar-refractivity contribution in [1.82, 2.24) is 24.5 Å².